The van der Waals surface area contributed by atoms with E-state index in [1.165, 1.54) is 11.8 Å². The van der Waals surface area contributed by atoms with E-state index in [1.807, 2.05) is 0 Å². The molecule has 24 heteroatoms. The van der Waals surface area contributed by atoms with E-state index in [4.69, 9.17) is 43.0 Å². The maximum Gasteiger partial charge on any atom is 0.304 e. The summed E-state index contributed by atoms with van der Waals surface area (Å²) in [5, 5.41) is 143. The molecule has 4 rings (SSSR count). The van der Waals surface area contributed by atoms with E-state index >= 15 is 0 Å². The number of thioether (sulfide) groups is 1. The number of aliphatic hydroxyl groups excluding tert-OH is 13. The van der Waals surface area contributed by atoms with Gasteiger partial charge in [0.25, 0.3) is 0 Å². The van der Waals surface area contributed by atoms with Gasteiger partial charge in [-0.2, -0.15) is 11.8 Å². The molecule has 0 saturated carbocycles. The molecule has 4 heterocycles. The molecular weight excluding hydrogens is 748 g/mol. The molecule has 53 heavy (non-hydrogen) atoms. The molecule has 0 spiro atoms. The quantitative estimate of drug-likeness (QED) is 0.0608. The molecule has 0 bridgehead atoms. The van der Waals surface area contributed by atoms with Crippen LogP contribution in [0, 0.1) is 0 Å². The smallest absolute Gasteiger partial charge is 0.304 e. The Hall–Kier alpha value is -1.02. The fourth-order valence-corrected chi connectivity index (χ4v) is 6.78. The Labute approximate surface area is 305 Å². The fraction of sp³-hybridized carbons (Fsp3) is 0.966. The Kier molecular flexibility index (Phi) is 17.2. The third-order valence-electron chi connectivity index (χ3n) is 9.14. The van der Waals surface area contributed by atoms with Gasteiger partial charge < -0.3 is 109 Å². The van der Waals surface area contributed by atoms with Crippen molar-refractivity contribution in [3.63, 3.8) is 0 Å². The van der Waals surface area contributed by atoms with Gasteiger partial charge in [0.2, 0.25) is 0 Å². The summed E-state index contributed by atoms with van der Waals surface area (Å²) in [7, 11) is 0. The van der Waals surface area contributed by atoms with Crippen LogP contribution in [0.5, 0.6) is 0 Å². The lowest BCUT2D eigenvalue weighted by atomic mass is 9.96. The molecule has 0 amide bonds. The normalized spacial score (nSPS) is 46.7. The van der Waals surface area contributed by atoms with Gasteiger partial charge in [-0.3, -0.25) is 4.79 Å². The standard InChI is InChI=1S/C29H50O23S/c30-5-9-14(35)16(37)20(41)27(47-9)46-8-12-15(36)17(38)21(42)28(50-12)51-25-11(7-32)49-29(23(44)19(25)40)52-24-10(6-31)48-26(22(43)18(24)39)45-2-4-53-3-1-13(33)34/h9-12,14-32,35-44H,1-8H2,(H,33,34)/t9-,10-,11-,12-,14-,15-,16+,17+,18-,19-,20-,21-,22-,23-,24-,25-,26+,27-,28+,29+/m1/s1. The van der Waals surface area contributed by atoms with E-state index in [2.05, 4.69) is 0 Å². The molecule has 4 saturated heterocycles. The van der Waals surface area contributed by atoms with E-state index < -0.39 is 155 Å². The lowest BCUT2D eigenvalue weighted by Crippen LogP contribution is -2.66. The van der Waals surface area contributed by atoms with Gasteiger partial charge in [-0.25, -0.2) is 0 Å². The van der Waals surface area contributed by atoms with Crippen molar-refractivity contribution in [1.29, 1.82) is 0 Å². The summed E-state index contributed by atoms with van der Waals surface area (Å²) in [5.74, 6) is -0.335. The van der Waals surface area contributed by atoms with Gasteiger partial charge in [-0.05, 0) is 0 Å². The molecule has 0 unspecified atom stereocenters. The van der Waals surface area contributed by atoms with Crippen molar-refractivity contribution in [2.24, 2.45) is 0 Å². The predicted molar refractivity (Wildman–Crippen MR) is 167 cm³/mol. The van der Waals surface area contributed by atoms with E-state index in [0.29, 0.717) is 11.5 Å². The molecule has 0 aliphatic carbocycles. The predicted octanol–water partition coefficient (Wildman–Crippen LogP) is -8.52. The zero-order valence-electron chi connectivity index (χ0n) is 28.0. The van der Waals surface area contributed by atoms with Crippen LogP contribution >= 0.6 is 11.8 Å². The Morgan fingerprint density at radius 3 is 1.43 bits per heavy atom. The van der Waals surface area contributed by atoms with Gasteiger partial charge in [0.1, 0.15) is 97.7 Å². The summed E-state index contributed by atoms with van der Waals surface area (Å²) in [5.41, 5.74) is 0. The molecule has 14 N–H and O–H groups in total. The molecule has 0 aromatic carbocycles. The molecular formula is C29H50O23S. The highest BCUT2D eigenvalue weighted by Crippen LogP contribution is 2.33. The van der Waals surface area contributed by atoms with E-state index in [9.17, 15) is 71.2 Å². The van der Waals surface area contributed by atoms with Gasteiger partial charge in [0.15, 0.2) is 25.2 Å². The Morgan fingerprint density at radius 2 is 0.906 bits per heavy atom. The zero-order chi connectivity index (χ0) is 39.1. The number of aliphatic carboxylic acids is 1. The Morgan fingerprint density at radius 1 is 0.491 bits per heavy atom. The van der Waals surface area contributed by atoms with Crippen molar-refractivity contribution in [1.82, 2.24) is 0 Å². The second-order valence-corrected chi connectivity index (χ2v) is 14.0. The maximum absolute atomic E-state index is 11.0. The average molecular weight is 799 g/mol. The average Bonchev–Trinajstić information content (AvgIpc) is 3.14. The second-order valence-electron chi connectivity index (χ2n) is 12.8. The van der Waals surface area contributed by atoms with Crippen molar-refractivity contribution in [3.05, 3.63) is 0 Å². The first-order chi connectivity index (χ1) is 25.1. The SMILES string of the molecule is O=C(O)CCSCCO[C@H]1O[C@H](CO)[C@@H](O[C@@H]2O[C@H](CO)[C@@H](O[C@@H]3O[C@H](CO[C@@H]4O[C@H](CO)[C@@H](O)[C@H](O)[C@H]4O)[C@@H](O)[C@H](O)[C@H]3O)[C@H](O)[C@H]2O)[C@H](O)[C@H]1O. The molecule has 310 valence electrons. The first-order valence-electron chi connectivity index (χ1n) is 16.7. The molecule has 0 aromatic rings. The van der Waals surface area contributed by atoms with Crippen LogP contribution in [0.15, 0.2) is 0 Å². The van der Waals surface area contributed by atoms with Gasteiger partial charge in [0.05, 0.1) is 39.5 Å². The minimum atomic E-state index is -2.02. The molecule has 4 aliphatic heterocycles. The first kappa shape index (κ1) is 44.7. The molecule has 23 nitrogen and oxygen atoms in total. The van der Waals surface area contributed by atoms with Crippen LogP contribution in [0.4, 0.5) is 0 Å². The zero-order valence-corrected chi connectivity index (χ0v) is 28.9. The second kappa shape index (κ2) is 20.4. The summed E-state index contributed by atoms with van der Waals surface area (Å²) in [6, 6.07) is 0. The van der Waals surface area contributed by atoms with Crippen molar-refractivity contribution in [3.8, 4) is 0 Å². The highest BCUT2D eigenvalue weighted by atomic mass is 32.2. The number of aliphatic hydroxyl groups is 13. The number of carboxylic acids is 1. The molecule has 0 aromatic heterocycles. The van der Waals surface area contributed by atoms with Crippen LogP contribution in [0.3, 0.4) is 0 Å². The maximum atomic E-state index is 11.0. The van der Waals surface area contributed by atoms with Crippen LogP contribution in [-0.2, 0) is 42.7 Å². The minimum Gasteiger partial charge on any atom is -0.481 e. The van der Waals surface area contributed by atoms with E-state index in [-0.39, 0.29) is 13.0 Å². The number of hydrogen-bond donors (Lipinski definition) is 14. The molecule has 4 fully saturated rings. The molecule has 0 radical (unpaired) electrons. The largest absolute Gasteiger partial charge is 0.481 e. The highest BCUT2D eigenvalue weighted by Gasteiger charge is 2.54. The number of carboxylic acid groups (broad SMARTS) is 1. The summed E-state index contributed by atoms with van der Waals surface area (Å²) in [4.78, 5) is 10.6. The van der Waals surface area contributed by atoms with Gasteiger partial charge in [0, 0.05) is 11.5 Å². The number of rotatable bonds is 17. The van der Waals surface area contributed by atoms with Crippen molar-refractivity contribution >= 4 is 17.7 Å². The van der Waals surface area contributed by atoms with E-state index in [0.717, 1.165) is 0 Å². The van der Waals surface area contributed by atoms with Crippen molar-refractivity contribution in [2.75, 3.05) is 44.5 Å². The topological polar surface area (TPSA) is 374 Å². The number of carbonyl (C=O) groups is 1. The van der Waals surface area contributed by atoms with Crippen LogP contribution in [0.25, 0.3) is 0 Å². The Bertz CT molecular complexity index is 1110. The van der Waals surface area contributed by atoms with Gasteiger partial charge in [-0.1, -0.05) is 0 Å². The number of hydrogen-bond acceptors (Lipinski definition) is 23. The molecule has 20 atom stereocenters. The van der Waals surface area contributed by atoms with Gasteiger partial charge >= 0.3 is 5.97 Å². The van der Waals surface area contributed by atoms with Crippen LogP contribution in [-0.4, -0.2) is 245 Å². The summed E-state index contributed by atoms with van der Waals surface area (Å²) >= 11 is 1.26. The minimum absolute atomic E-state index is 0.0139. The molecule has 4 aliphatic rings. The van der Waals surface area contributed by atoms with Crippen LogP contribution in [0.1, 0.15) is 6.42 Å². The third kappa shape index (κ3) is 10.7. The van der Waals surface area contributed by atoms with Crippen LogP contribution < -0.4 is 0 Å². The summed E-state index contributed by atoms with van der Waals surface area (Å²) < 4.78 is 44.0. The fourth-order valence-electron chi connectivity index (χ4n) is 6.05. The van der Waals surface area contributed by atoms with Gasteiger partial charge in [-0.15, -0.1) is 0 Å². The Balaban J connectivity index is 1.35. The summed E-state index contributed by atoms with van der Waals surface area (Å²) in [6.07, 6.45) is -34.6. The number of ether oxygens (including phenoxy) is 8. The van der Waals surface area contributed by atoms with E-state index in [1.54, 1.807) is 0 Å². The first-order valence-corrected chi connectivity index (χ1v) is 17.9. The third-order valence-corrected chi connectivity index (χ3v) is 10.1. The van der Waals surface area contributed by atoms with Crippen LogP contribution in [0.2, 0.25) is 0 Å². The van der Waals surface area contributed by atoms with Crippen molar-refractivity contribution in [2.45, 2.75) is 129 Å². The monoisotopic (exact) mass is 798 g/mol. The lowest BCUT2D eigenvalue weighted by Gasteiger charge is -2.48. The van der Waals surface area contributed by atoms with Crippen molar-refractivity contribution < 1.29 is 114 Å². The highest BCUT2D eigenvalue weighted by molar-refractivity contribution is 7.99. The lowest BCUT2D eigenvalue weighted by molar-refractivity contribution is -0.381. The summed E-state index contributed by atoms with van der Waals surface area (Å²) in [6.45, 7) is -3.16.